The van der Waals surface area contributed by atoms with Crippen LogP contribution < -0.4 is 24.2 Å². The molecule has 0 bridgehead atoms. The molecule has 7 atom stereocenters. The summed E-state index contributed by atoms with van der Waals surface area (Å²) in [6.07, 6.45) is -1.42. The zero-order valence-corrected chi connectivity index (χ0v) is 34.3. The summed E-state index contributed by atoms with van der Waals surface area (Å²) in [7, 11) is -4.12. The molecule has 4 heterocycles. The first kappa shape index (κ1) is 42.3. The van der Waals surface area contributed by atoms with Crippen LogP contribution in [0.25, 0.3) is 10.8 Å². The van der Waals surface area contributed by atoms with Crippen LogP contribution in [0.2, 0.25) is 0 Å². The van der Waals surface area contributed by atoms with Crippen molar-refractivity contribution in [1.82, 2.24) is 24.8 Å². The first-order chi connectivity index (χ1) is 27.6. The smallest absolute Gasteiger partial charge is 0.411 e. The van der Waals surface area contributed by atoms with E-state index in [0.717, 1.165) is 4.90 Å². The molecule has 1 aromatic heterocycles. The average Bonchev–Trinajstić information content (AvgIpc) is 4.04. The van der Waals surface area contributed by atoms with Crippen LogP contribution in [0.15, 0.2) is 36.5 Å². The molecule has 0 spiro atoms. The normalized spacial score (nSPS) is 29.6. The van der Waals surface area contributed by atoms with Gasteiger partial charge in [0, 0.05) is 29.3 Å². The summed E-state index contributed by atoms with van der Waals surface area (Å²) in [5.74, 6) is -3.56. The molecule has 1 saturated heterocycles. The second-order valence-electron chi connectivity index (χ2n) is 17.4. The van der Waals surface area contributed by atoms with Crippen molar-refractivity contribution >= 4 is 44.6 Å². The summed E-state index contributed by atoms with van der Waals surface area (Å²) < 4.78 is 89.6. The maximum Gasteiger partial charge on any atom is 0.411 e. The highest BCUT2D eigenvalue weighted by molar-refractivity contribution is 7.91. The molecule has 0 unspecified atom stereocenters. The van der Waals surface area contributed by atoms with E-state index in [1.807, 2.05) is 6.92 Å². The minimum absolute atomic E-state index is 0.0473. The molecule has 59 heavy (non-hydrogen) atoms. The number of carbonyl (C=O) groups is 4. The average molecular weight is 850 g/mol. The van der Waals surface area contributed by atoms with E-state index in [2.05, 4.69) is 15.0 Å². The lowest BCUT2D eigenvalue weighted by atomic mass is 9.85. The van der Waals surface area contributed by atoms with Crippen molar-refractivity contribution in [2.24, 2.45) is 17.8 Å². The number of carbonyl (C=O) groups excluding carboxylic acids is 3. The fourth-order valence-corrected chi connectivity index (χ4v) is 9.89. The van der Waals surface area contributed by atoms with Gasteiger partial charge in [-0.2, -0.15) is 13.2 Å². The summed E-state index contributed by atoms with van der Waals surface area (Å²) in [4.78, 5) is 62.1. The van der Waals surface area contributed by atoms with Gasteiger partial charge in [-0.3, -0.25) is 24.0 Å². The van der Waals surface area contributed by atoms with Crippen LogP contribution in [0, 0.1) is 17.8 Å². The van der Waals surface area contributed by atoms with Crippen LogP contribution in [0.5, 0.6) is 17.4 Å². The van der Waals surface area contributed by atoms with Gasteiger partial charge in [0.05, 0.1) is 11.3 Å². The van der Waals surface area contributed by atoms with Gasteiger partial charge in [0.15, 0.2) is 11.5 Å². The van der Waals surface area contributed by atoms with Gasteiger partial charge in [-0.1, -0.05) is 26.0 Å². The molecule has 19 heteroatoms. The summed E-state index contributed by atoms with van der Waals surface area (Å²) in [5.41, 5.74) is -4.76. The van der Waals surface area contributed by atoms with Crippen LogP contribution in [0.1, 0.15) is 79.6 Å². The number of ether oxygens (including phenoxy) is 3. The first-order valence-electron chi connectivity index (χ1n) is 19.9. The van der Waals surface area contributed by atoms with Crippen molar-refractivity contribution in [3.8, 4) is 17.4 Å². The van der Waals surface area contributed by atoms with Crippen molar-refractivity contribution in [3.05, 3.63) is 36.5 Å². The topological polar surface area (TPSA) is 194 Å². The van der Waals surface area contributed by atoms with Crippen LogP contribution in [-0.2, 0) is 24.4 Å². The summed E-state index contributed by atoms with van der Waals surface area (Å²) >= 11 is 0. The molecule has 3 N–H and O–H groups in total. The number of benzene rings is 1. The molecule has 7 rings (SSSR count). The molecule has 1 aromatic carbocycles. The lowest BCUT2D eigenvalue weighted by Gasteiger charge is -2.45. The Morgan fingerprint density at radius 2 is 1.80 bits per heavy atom. The zero-order chi connectivity index (χ0) is 42.9. The van der Waals surface area contributed by atoms with Gasteiger partial charge in [-0.15, -0.1) is 0 Å². The number of aromatic nitrogens is 1. The molecule has 4 amide bonds. The second kappa shape index (κ2) is 15.0. The molecule has 15 nitrogen and oxygen atoms in total. The third kappa shape index (κ3) is 7.74. The third-order valence-electron chi connectivity index (χ3n) is 12.7. The lowest BCUT2D eigenvalue weighted by Crippen LogP contribution is -2.66. The van der Waals surface area contributed by atoms with E-state index in [4.69, 9.17) is 14.2 Å². The maximum atomic E-state index is 15.0. The Morgan fingerprint density at radius 3 is 2.47 bits per heavy atom. The molecule has 0 radical (unpaired) electrons. The van der Waals surface area contributed by atoms with E-state index >= 15 is 4.79 Å². The van der Waals surface area contributed by atoms with E-state index in [9.17, 15) is 41.1 Å². The Bertz CT molecular complexity index is 2180. The monoisotopic (exact) mass is 849 g/mol. The second-order valence-corrected chi connectivity index (χ2v) is 19.6. The Labute approximate surface area is 340 Å². The van der Waals surface area contributed by atoms with E-state index in [-0.39, 0.29) is 42.5 Å². The Kier molecular flexibility index (Phi) is 10.8. The minimum Gasteiger partial charge on any atom is -0.486 e. The maximum absolute atomic E-state index is 15.0. The summed E-state index contributed by atoms with van der Waals surface area (Å²) in [6, 6.07) is 1.71. The van der Waals surface area contributed by atoms with E-state index in [1.54, 1.807) is 30.4 Å². The first-order valence-corrected chi connectivity index (χ1v) is 21.4. The van der Waals surface area contributed by atoms with Gasteiger partial charge in [0.1, 0.15) is 42.5 Å². The predicted molar refractivity (Wildman–Crippen MR) is 206 cm³/mol. The number of halogens is 3. The van der Waals surface area contributed by atoms with Crippen molar-refractivity contribution < 1.29 is 60.1 Å². The number of sulfonamides is 1. The van der Waals surface area contributed by atoms with Crippen LogP contribution in [0.3, 0.4) is 0 Å². The fourth-order valence-electron chi connectivity index (χ4n) is 8.57. The molecule has 322 valence electrons. The number of nitrogens with one attached hydrogen (secondary N) is 2. The largest absolute Gasteiger partial charge is 0.486 e. The number of amides is 4. The van der Waals surface area contributed by atoms with Gasteiger partial charge in [-0.25, -0.2) is 18.2 Å². The molecule has 2 saturated carbocycles. The molecule has 3 aliphatic heterocycles. The number of carboxylic acid groups (broad SMARTS) is 1. The third-order valence-corrected chi connectivity index (χ3v) is 14.8. The zero-order valence-electron chi connectivity index (χ0n) is 33.5. The number of rotatable bonds is 7. The Balaban J connectivity index is 1.29. The van der Waals surface area contributed by atoms with E-state index in [1.165, 1.54) is 20.0 Å². The van der Waals surface area contributed by atoms with Gasteiger partial charge in [0.25, 0.3) is 5.91 Å². The molecule has 5 aliphatic rings. The molecule has 2 aliphatic carbocycles. The quantitative estimate of drug-likeness (QED) is 0.320. The summed E-state index contributed by atoms with van der Waals surface area (Å²) in [6.45, 7) is 6.56. The van der Waals surface area contributed by atoms with Crippen molar-refractivity contribution in [2.45, 2.75) is 120 Å². The van der Waals surface area contributed by atoms with Crippen molar-refractivity contribution in [1.29, 1.82) is 0 Å². The fraction of sp³-hybridized carbons (Fsp3) is 0.625. The SMILES string of the molecule is C[C@H]1CCC=C[C@@H]2C[C@@]2(C(=O)NS(=O)(=O)C2(C)CC2)NC(=O)[C@@H]2C[C@@H](Oc3nccc4c5c(ccc34)OCCO5)CN2C(=O)[C@@H](N(C(=O)O)C(C)(C)C(F)(F)F)[C@H](C)C1. The lowest BCUT2D eigenvalue weighted by molar-refractivity contribution is -0.222. The number of hydrogen-bond donors (Lipinski definition) is 3. The predicted octanol–water partition coefficient (Wildman–Crippen LogP) is 4.93. The minimum atomic E-state index is -5.10. The van der Waals surface area contributed by atoms with Gasteiger partial charge in [0.2, 0.25) is 27.7 Å². The molecule has 3 fully saturated rings. The van der Waals surface area contributed by atoms with E-state index < -0.39 is 85.9 Å². The van der Waals surface area contributed by atoms with Gasteiger partial charge in [-0.05, 0) is 89.3 Å². The highest BCUT2D eigenvalue weighted by Gasteiger charge is 2.64. The van der Waals surface area contributed by atoms with Gasteiger partial charge >= 0.3 is 12.3 Å². The van der Waals surface area contributed by atoms with Crippen molar-refractivity contribution in [2.75, 3.05) is 19.8 Å². The number of pyridine rings is 1. The highest BCUT2D eigenvalue weighted by Crippen LogP contribution is 2.48. The standard InChI is InChI=1S/C40H50F3N5O10S/c1-22-8-6-7-9-24-20-39(24,35(51)46-59(54,55)38(5)13-14-38)45-32(49)28-19-25(58-33-27-10-11-29-31(57-17-16-56-29)26(27)12-15-44-33)21-47(28)34(50)30(23(2)18-22)48(36(52)53)37(3,4)40(41,42)43/h7,9-12,15,22-25,28,30H,6,8,13-14,16-21H2,1-5H3,(H,45,49)(H,46,51)(H,52,53)/t22-,23+,24+,25+,28-,30-,39+/m0/s1. The molecular formula is C40H50F3N5O10S. The number of hydrogen-bond acceptors (Lipinski definition) is 10. The molecular weight excluding hydrogens is 800 g/mol. The number of fused-ring (bicyclic) bond motifs is 5. The number of nitrogens with zero attached hydrogens (tertiary/aromatic N) is 3. The Morgan fingerprint density at radius 1 is 1.08 bits per heavy atom. The van der Waals surface area contributed by atoms with Crippen LogP contribution >= 0.6 is 0 Å². The van der Waals surface area contributed by atoms with Gasteiger partial charge < -0.3 is 29.5 Å². The molecule has 2 aromatic rings. The van der Waals surface area contributed by atoms with Crippen LogP contribution in [0.4, 0.5) is 18.0 Å². The van der Waals surface area contributed by atoms with Crippen LogP contribution in [-0.4, -0.2) is 112 Å². The number of alkyl halides is 3. The van der Waals surface area contributed by atoms with E-state index in [0.29, 0.717) is 75.0 Å². The highest BCUT2D eigenvalue weighted by atomic mass is 32.2. The summed E-state index contributed by atoms with van der Waals surface area (Å²) in [5, 5.41) is 14.3. The number of allylic oxidation sites excluding steroid dienone is 1. The Hall–Kier alpha value is -4.81. The van der Waals surface area contributed by atoms with Crippen molar-refractivity contribution in [3.63, 3.8) is 0 Å².